The third kappa shape index (κ3) is 5.38. The first kappa shape index (κ1) is 22.7. The molecule has 8 heteroatoms. The number of halogens is 2. The van der Waals surface area contributed by atoms with E-state index in [9.17, 15) is 4.79 Å². The third-order valence-corrected chi connectivity index (χ3v) is 5.73. The average molecular weight is 452 g/mol. The van der Waals surface area contributed by atoms with Gasteiger partial charge < -0.3 is 19.7 Å². The number of nitrogens with one attached hydrogen (secondary N) is 1. The molecule has 1 unspecified atom stereocenters. The van der Waals surface area contributed by atoms with Crippen molar-refractivity contribution >= 4 is 29.1 Å². The van der Waals surface area contributed by atoms with Crippen molar-refractivity contribution in [1.29, 1.82) is 0 Å². The van der Waals surface area contributed by atoms with E-state index < -0.39 is 0 Å². The molecule has 30 heavy (non-hydrogen) atoms. The molecule has 0 aliphatic carbocycles. The number of ether oxygens (including phenoxy) is 2. The predicted octanol–water partition coefficient (Wildman–Crippen LogP) is 3.56. The molecule has 2 aromatic carbocycles. The molecule has 1 heterocycles. The van der Waals surface area contributed by atoms with Crippen LogP contribution < -0.4 is 14.8 Å². The Morgan fingerprint density at radius 2 is 1.70 bits per heavy atom. The maximum Gasteiger partial charge on any atom is 0.259 e. The summed E-state index contributed by atoms with van der Waals surface area (Å²) in [6.07, 6.45) is 0. The van der Waals surface area contributed by atoms with Crippen molar-refractivity contribution in [3.63, 3.8) is 0 Å². The standard InChI is InChI=1S/C22H27Cl2N3O3/c1-26-9-10-27(12-15-7-5-4-6-8-15)14-16(13-26)25-22(28)19-20(29-2)17(23)11-18(24)21(19)30-3/h4-8,11,16H,9-10,12-14H2,1-3H3,(H,25,28). The van der Waals surface area contributed by atoms with E-state index in [4.69, 9.17) is 32.7 Å². The van der Waals surface area contributed by atoms with E-state index >= 15 is 0 Å². The Balaban J connectivity index is 1.81. The van der Waals surface area contributed by atoms with Gasteiger partial charge in [0.1, 0.15) is 5.56 Å². The van der Waals surface area contributed by atoms with Crippen molar-refractivity contribution in [2.24, 2.45) is 0 Å². The molecule has 6 nitrogen and oxygen atoms in total. The number of hydrogen-bond donors (Lipinski definition) is 1. The zero-order valence-corrected chi connectivity index (χ0v) is 19.0. The Morgan fingerprint density at radius 3 is 2.30 bits per heavy atom. The summed E-state index contributed by atoms with van der Waals surface area (Å²) in [7, 11) is 4.99. The Kier molecular flexibility index (Phi) is 7.83. The lowest BCUT2D eigenvalue weighted by atomic mass is 10.1. The van der Waals surface area contributed by atoms with Gasteiger partial charge in [-0.05, 0) is 18.7 Å². The summed E-state index contributed by atoms with van der Waals surface area (Å²) in [6.45, 7) is 4.14. The first-order valence-corrected chi connectivity index (χ1v) is 10.5. The summed E-state index contributed by atoms with van der Waals surface area (Å²) in [5, 5.41) is 3.65. The maximum absolute atomic E-state index is 13.2. The van der Waals surface area contributed by atoms with Crippen molar-refractivity contribution in [3.05, 3.63) is 57.6 Å². The van der Waals surface area contributed by atoms with E-state index in [1.54, 1.807) is 0 Å². The Labute approximate surface area is 187 Å². The Hall–Kier alpha value is -1.99. The molecule has 1 N–H and O–H groups in total. The molecular weight excluding hydrogens is 425 g/mol. The van der Waals surface area contributed by atoms with E-state index in [1.807, 2.05) is 18.2 Å². The SMILES string of the molecule is COc1c(Cl)cc(Cl)c(OC)c1C(=O)NC1CN(C)CCN(Cc2ccccc2)C1. The van der Waals surface area contributed by atoms with Crippen LogP contribution in [-0.4, -0.2) is 69.2 Å². The predicted molar refractivity (Wildman–Crippen MR) is 120 cm³/mol. The van der Waals surface area contributed by atoms with E-state index in [1.165, 1.54) is 25.8 Å². The zero-order chi connectivity index (χ0) is 21.7. The van der Waals surface area contributed by atoms with Crippen LogP contribution in [0.5, 0.6) is 11.5 Å². The molecule has 1 atom stereocenters. The van der Waals surface area contributed by atoms with Crippen LogP contribution in [0.1, 0.15) is 15.9 Å². The van der Waals surface area contributed by atoms with Crippen LogP contribution in [0.25, 0.3) is 0 Å². The summed E-state index contributed by atoms with van der Waals surface area (Å²) < 4.78 is 10.8. The highest BCUT2D eigenvalue weighted by Gasteiger charge is 2.28. The molecule has 0 bridgehead atoms. The van der Waals surface area contributed by atoms with Crippen molar-refractivity contribution in [3.8, 4) is 11.5 Å². The minimum atomic E-state index is -0.326. The molecule has 0 radical (unpaired) electrons. The highest BCUT2D eigenvalue weighted by atomic mass is 35.5. The van der Waals surface area contributed by atoms with Crippen LogP contribution in [-0.2, 0) is 6.54 Å². The fraction of sp³-hybridized carbons (Fsp3) is 0.409. The van der Waals surface area contributed by atoms with Gasteiger partial charge in [0.15, 0.2) is 11.5 Å². The van der Waals surface area contributed by atoms with Gasteiger partial charge in [0, 0.05) is 32.7 Å². The average Bonchev–Trinajstić information content (AvgIpc) is 2.88. The van der Waals surface area contributed by atoms with Gasteiger partial charge in [0.05, 0.1) is 30.3 Å². The fourth-order valence-electron chi connectivity index (χ4n) is 3.76. The van der Waals surface area contributed by atoms with E-state index in [-0.39, 0.29) is 39.1 Å². The van der Waals surface area contributed by atoms with Crippen LogP contribution >= 0.6 is 23.2 Å². The molecule has 162 valence electrons. The second kappa shape index (κ2) is 10.4. The quantitative estimate of drug-likeness (QED) is 0.727. The summed E-state index contributed by atoms with van der Waals surface area (Å²) in [6, 6.07) is 11.8. The van der Waals surface area contributed by atoms with E-state index in [2.05, 4.69) is 34.3 Å². The lowest BCUT2D eigenvalue weighted by molar-refractivity contribution is 0.0917. The smallest absolute Gasteiger partial charge is 0.259 e. The normalized spacial score (nSPS) is 18.0. The number of methoxy groups -OCH3 is 2. The van der Waals surface area contributed by atoms with Crippen LogP contribution in [0.15, 0.2) is 36.4 Å². The number of nitrogens with zero attached hydrogens (tertiary/aromatic N) is 2. The second-order valence-corrected chi connectivity index (χ2v) is 8.25. The molecule has 2 aromatic rings. The largest absolute Gasteiger partial charge is 0.494 e. The summed E-state index contributed by atoms with van der Waals surface area (Å²) >= 11 is 12.5. The van der Waals surface area contributed by atoms with Gasteiger partial charge in [0.25, 0.3) is 5.91 Å². The van der Waals surface area contributed by atoms with Crippen molar-refractivity contribution in [1.82, 2.24) is 15.1 Å². The van der Waals surface area contributed by atoms with Gasteiger partial charge in [0.2, 0.25) is 0 Å². The zero-order valence-electron chi connectivity index (χ0n) is 17.5. The molecule has 0 saturated carbocycles. The van der Waals surface area contributed by atoms with Crippen molar-refractivity contribution < 1.29 is 14.3 Å². The topological polar surface area (TPSA) is 54.0 Å². The molecule has 1 saturated heterocycles. The Morgan fingerprint density at radius 1 is 1.07 bits per heavy atom. The monoisotopic (exact) mass is 451 g/mol. The third-order valence-electron chi connectivity index (χ3n) is 5.17. The number of amides is 1. The highest BCUT2D eigenvalue weighted by Crippen LogP contribution is 2.41. The van der Waals surface area contributed by atoms with Gasteiger partial charge in [-0.25, -0.2) is 0 Å². The van der Waals surface area contributed by atoms with Crippen LogP contribution in [0, 0.1) is 0 Å². The summed E-state index contributed by atoms with van der Waals surface area (Å²) in [5.74, 6) is 0.171. The maximum atomic E-state index is 13.2. The number of rotatable bonds is 6. The molecule has 1 aliphatic heterocycles. The van der Waals surface area contributed by atoms with Gasteiger partial charge in [-0.2, -0.15) is 0 Å². The van der Waals surface area contributed by atoms with Crippen LogP contribution in [0.3, 0.4) is 0 Å². The molecule has 1 amide bonds. The summed E-state index contributed by atoms with van der Waals surface area (Å²) in [4.78, 5) is 17.8. The first-order valence-electron chi connectivity index (χ1n) is 9.78. The van der Waals surface area contributed by atoms with Crippen molar-refractivity contribution in [2.45, 2.75) is 12.6 Å². The van der Waals surface area contributed by atoms with Gasteiger partial charge in [-0.1, -0.05) is 53.5 Å². The van der Waals surface area contributed by atoms with Gasteiger partial charge in [-0.3, -0.25) is 9.69 Å². The molecular formula is C22H27Cl2N3O3. The second-order valence-electron chi connectivity index (χ2n) is 7.44. The number of hydrogen-bond acceptors (Lipinski definition) is 5. The van der Waals surface area contributed by atoms with Crippen molar-refractivity contribution in [2.75, 3.05) is 47.4 Å². The highest BCUT2D eigenvalue weighted by molar-refractivity contribution is 6.37. The van der Waals surface area contributed by atoms with E-state index in [0.717, 1.165) is 32.7 Å². The first-order chi connectivity index (χ1) is 14.4. The Bertz CT molecular complexity index is 851. The number of carbonyl (C=O) groups is 1. The number of likely N-dealkylation sites (N-methyl/N-ethyl adjacent to an activating group) is 1. The minimum absolute atomic E-state index is 0.0825. The molecule has 0 spiro atoms. The van der Waals surface area contributed by atoms with E-state index in [0.29, 0.717) is 0 Å². The fourth-order valence-corrected chi connectivity index (χ4v) is 4.38. The number of benzene rings is 2. The minimum Gasteiger partial charge on any atom is -0.494 e. The number of carbonyl (C=O) groups excluding carboxylic acids is 1. The molecule has 1 aliphatic rings. The van der Waals surface area contributed by atoms with Crippen LogP contribution in [0.2, 0.25) is 10.0 Å². The van der Waals surface area contributed by atoms with Gasteiger partial charge >= 0.3 is 0 Å². The summed E-state index contributed by atoms with van der Waals surface area (Å²) in [5.41, 5.74) is 1.45. The van der Waals surface area contributed by atoms with Crippen LogP contribution in [0.4, 0.5) is 0 Å². The lowest BCUT2D eigenvalue weighted by Gasteiger charge is -2.25. The van der Waals surface area contributed by atoms with Gasteiger partial charge in [-0.15, -0.1) is 0 Å². The molecule has 0 aromatic heterocycles. The lowest BCUT2D eigenvalue weighted by Crippen LogP contribution is -2.46. The molecule has 1 fully saturated rings. The molecule has 3 rings (SSSR count).